The summed E-state index contributed by atoms with van der Waals surface area (Å²) in [7, 11) is -1.39. The zero-order valence-corrected chi connectivity index (χ0v) is 16.0. The highest BCUT2D eigenvalue weighted by Gasteiger charge is 2.39. The largest absolute Gasteiger partial charge is 0.349 e. The molecule has 26 heavy (non-hydrogen) atoms. The van der Waals surface area contributed by atoms with Crippen LogP contribution in [0.15, 0.2) is 29.4 Å². The predicted octanol–water partition coefficient (Wildman–Crippen LogP) is 1.41. The minimum Gasteiger partial charge on any atom is -0.349 e. The molecule has 7 nitrogen and oxygen atoms in total. The van der Waals surface area contributed by atoms with Crippen LogP contribution >= 0.6 is 11.8 Å². The van der Waals surface area contributed by atoms with Gasteiger partial charge in [0.1, 0.15) is 5.82 Å². The molecule has 0 radical (unpaired) electrons. The quantitative estimate of drug-likeness (QED) is 0.766. The molecule has 1 aliphatic rings. The second-order valence-electron chi connectivity index (χ2n) is 6.58. The van der Waals surface area contributed by atoms with Crippen molar-refractivity contribution in [2.45, 2.75) is 24.0 Å². The van der Waals surface area contributed by atoms with Gasteiger partial charge in [0.05, 0.1) is 28.4 Å². The summed E-state index contributed by atoms with van der Waals surface area (Å²) in [6.07, 6.45) is 0.410. The van der Waals surface area contributed by atoms with Crippen LogP contribution in [0.3, 0.4) is 0 Å². The first-order valence-electron chi connectivity index (χ1n) is 7.98. The van der Waals surface area contributed by atoms with Crippen LogP contribution in [0, 0.1) is 5.82 Å². The van der Waals surface area contributed by atoms with E-state index in [1.54, 1.807) is 36.7 Å². The molecule has 0 spiro atoms. The van der Waals surface area contributed by atoms with Crippen LogP contribution in [-0.4, -0.2) is 51.9 Å². The predicted molar refractivity (Wildman–Crippen MR) is 96.9 cm³/mol. The lowest BCUT2D eigenvalue weighted by atomic mass is 10.0. The Morgan fingerprint density at radius 2 is 2.12 bits per heavy atom. The van der Waals surface area contributed by atoms with Crippen LogP contribution in [0.1, 0.15) is 13.3 Å². The van der Waals surface area contributed by atoms with Crippen LogP contribution in [0.2, 0.25) is 0 Å². The van der Waals surface area contributed by atoms with Crippen LogP contribution in [-0.2, 0) is 21.7 Å². The number of thioether (sulfide) groups is 1. The average Bonchev–Trinajstić information content (AvgIpc) is 3.05. The first-order valence-corrected chi connectivity index (χ1v) is 10.8. The Balaban J connectivity index is 1.64. The summed E-state index contributed by atoms with van der Waals surface area (Å²) < 4.78 is 38.7. The second-order valence-corrected chi connectivity index (χ2v) is 9.71. The fourth-order valence-electron chi connectivity index (χ4n) is 2.93. The summed E-state index contributed by atoms with van der Waals surface area (Å²) >= 11 is 1.16. The van der Waals surface area contributed by atoms with Gasteiger partial charge >= 0.3 is 0 Å². The SMILES string of the molecule is Cn1c(SCC(=O)N[C@]2(C)CCS(=O)(=O)C2)nnc1-c1ccccc1F. The van der Waals surface area contributed by atoms with Crippen molar-refractivity contribution in [3.63, 3.8) is 0 Å². The minimum atomic E-state index is -3.09. The van der Waals surface area contributed by atoms with Crippen LogP contribution < -0.4 is 5.32 Å². The summed E-state index contributed by atoms with van der Waals surface area (Å²) in [5.74, 6) is -0.180. The number of hydrogen-bond acceptors (Lipinski definition) is 6. The number of carbonyl (C=O) groups excluding carboxylic acids is 1. The third-order valence-electron chi connectivity index (χ3n) is 4.23. The molecule has 1 aliphatic heterocycles. The molecule has 3 rings (SSSR count). The third kappa shape index (κ3) is 4.07. The number of aromatic nitrogens is 3. The maximum absolute atomic E-state index is 13.9. The van der Waals surface area contributed by atoms with E-state index in [4.69, 9.17) is 0 Å². The molecule has 1 N–H and O–H groups in total. The molecule has 2 aromatic rings. The molecular formula is C16H19FN4O3S2. The van der Waals surface area contributed by atoms with Crippen molar-refractivity contribution >= 4 is 27.5 Å². The molecule has 1 amide bonds. The Morgan fingerprint density at radius 3 is 2.77 bits per heavy atom. The molecule has 1 aromatic carbocycles. The third-order valence-corrected chi connectivity index (χ3v) is 7.15. The standard InChI is InChI=1S/C16H19FN4O3S2/c1-16(7-8-26(23,24)10-16)18-13(22)9-25-15-20-19-14(21(15)2)11-5-3-4-6-12(11)17/h3-6H,7-10H2,1-2H3,(H,18,22)/t16-/m1/s1. The molecule has 0 saturated carbocycles. The van der Waals surface area contributed by atoms with Crippen molar-refractivity contribution in [2.75, 3.05) is 17.3 Å². The summed E-state index contributed by atoms with van der Waals surface area (Å²) in [4.78, 5) is 12.2. The maximum Gasteiger partial charge on any atom is 0.230 e. The number of sulfone groups is 1. The van der Waals surface area contributed by atoms with E-state index in [9.17, 15) is 17.6 Å². The van der Waals surface area contributed by atoms with Gasteiger partial charge in [-0.05, 0) is 25.5 Å². The van der Waals surface area contributed by atoms with E-state index in [1.807, 2.05) is 0 Å². The van der Waals surface area contributed by atoms with Crippen LogP contribution in [0.4, 0.5) is 4.39 Å². The maximum atomic E-state index is 13.9. The first kappa shape index (κ1) is 18.8. The Kier molecular flexibility index (Phi) is 5.07. The molecule has 2 heterocycles. The number of nitrogens with one attached hydrogen (secondary N) is 1. The summed E-state index contributed by atoms with van der Waals surface area (Å²) in [5, 5.41) is 11.3. The van der Waals surface area contributed by atoms with Crippen LogP contribution in [0.5, 0.6) is 0 Å². The Morgan fingerprint density at radius 1 is 1.38 bits per heavy atom. The van der Waals surface area contributed by atoms with Gasteiger partial charge in [0.25, 0.3) is 0 Å². The summed E-state index contributed by atoms with van der Waals surface area (Å²) in [6.45, 7) is 1.73. The van der Waals surface area contributed by atoms with E-state index in [-0.39, 0.29) is 23.2 Å². The van der Waals surface area contributed by atoms with Crippen molar-refractivity contribution in [1.29, 1.82) is 0 Å². The summed E-state index contributed by atoms with van der Waals surface area (Å²) in [6, 6.07) is 6.27. The van der Waals surface area contributed by atoms with Crippen molar-refractivity contribution in [2.24, 2.45) is 7.05 Å². The Hall–Kier alpha value is -1.94. The molecule has 140 valence electrons. The minimum absolute atomic E-state index is 0.0439. The number of benzene rings is 1. The fraction of sp³-hybridized carbons (Fsp3) is 0.438. The van der Waals surface area contributed by atoms with Crippen molar-refractivity contribution in [3.05, 3.63) is 30.1 Å². The van der Waals surface area contributed by atoms with Gasteiger partial charge in [0.15, 0.2) is 20.8 Å². The van der Waals surface area contributed by atoms with Crippen molar-refractivity contribution in [3.8, 4) is 11.4 Å². The van der Waals surface area contributed by atoms with Crippen molar-refractivity contribution < 1.29 is 17.6 Å². The number of carbonyl (C=O) groups is 1. The smallest absolute Gasteiger partial charge is 0.230 e. The highest BCUT2D eigenvalue weighted by molar-refractivity contribution is 7.99. The first-order chi connectivity index (χ1) is 12.2. The number of rotatable bonds is 5. The van der Waals surface area contributed by atoms with Gasteiger partial charge in [0, 0.05) is 7.05 Å². The van der Waals surface area contributed by atoms with E-state index in [2.05, 4.69) is 15.5 Å². The van der Waals surface area contributed by atoms with Gasteiger partial charge < -0.3 is 9.88 Å². The normalized spacial score (nSPS) is 21.7. The van der Waals surface area contributed by atoms with Gasteiger partial charge in [-0.3, -0.25) is 4.79 Å². The van der Waals surface area contributed by atoms with Crippen molar-refractivity contribution in [1.82, 2.24) is 20.1 Å². The van der Waals surface area contributed by atoms with Gasteiger partial charge in [-0.2, -0.15) is 0 Å². The molecule has 0 bridgehead atoms. The molecule has 10 heteroatoms. The lowest BCUT2D eigenvalue weighted by Gasteiger charge is -2.23. The number of nitrogens with zero attached hydrogens (tertiary/aromatic N) is 3. The van der Waals surface area contributed by atoms with E-state index in [0.717, 1.165) is 11.8 Å². The second kappa shape index (κ2) is 6.99. The zero-order valence-electron chi connectivity index (χ0n) is 14.4. The van der Waals surface area contributed by atoms with E-state index in [0.29, 0.717) is 23.0 Å². The molecule has 0 aliphatic carbocycles. The van der Waals surface area contributed by atoms with E-state index in [1.165, 1.54) is 6.07 Å². The monoisotopic (exact) mass is 398 g/mol. The van der Waals surface area contributed by atoms with Gasteiger partial charge in [-0.1, -0.05) is 23.9 Å². The molecule has 1 aromatic heterocycles. The Bertz CT molecular complexity index is 945. The van der Waals surface area contributed by atoms with E-state index >= 15 is 0 Å². The molecule has 0 unspecified atom stereocenters. The van der Waals surface area contributed by atoms with Gasteiger partial charge in [-0.25, -0.2) is 12.8 Å². The lowest BCUT2D eigenvalue weighted by Crippen LogP contribution is -2.47. The van der Waals surface area contributed by atoms with Gasteiger partial charge in [-0.15, -0.1) is 10.2 Å². The Labute approximate surface area is 155 Å². The fourth-order valence-corrected chi connectivity index (χ4v) is 5.73. The highest BCUT2D eigenvalue weighted by atomic mass is 32.2. The number of amides is 1. The highest BCUT2D eigenvalue weighted by Crippen LogP contribution is 2.26. The topological polar surface area (TPSA) is 94.0 Å². The molecule has 1 fully saturated rings. The van der Waals surface area contributed by atoms with E-state index < -0.39 is 21.2 Å². The summed E-state index contributed by atoms with van der Waals surface area (Å²) in [5.41, 5.74) is -0.392. The molecular weight excluding hydrogens is 379 g/mol. The number of hydrogen-bond donors (Lipinski definition) is 1. The average molecular weight is 398 g/mol. The lowest BCUT2D eigenvalue weighted by molar-refractivity contribution is -0.120. The molecule has 1 saturated heterocycles. The molecule has 1 atom stereocenters. The van der Waals surface area contributed by atoms with Gasteiger partial charge in [0.2, 0.25) is 5.91 Å². The van der Waals surface area contributed by atoms with Crippen LogP contribution in [0.25, 0.3) is 11.4 Å². The number of halogens is 1. The zero-order chi connectivity index (χ0) is 18.9.